The van der Waals surface area contributed by atoms with E-state index in [1.54, 1.807) is 13.1 Å². The summed E-state index contributed by atoms with van der Waals surface area (Å²) in [4.78, 5) is 28.8. The fourth-order valence-electron chi connectivity index (χ4n) is 3.74. The van der Waals surface area contributed by atoms with E-state index >= 15 is 0 Å². The molecule has 174 valence electrons. The standard InChI is InChI=1S/C25H26N6O3/c1-3-5-10-22-26-24(32)21(25(33)34-4-2)16-31(22)15-17-11-13-18(14-12-17)19-8-6-7-9-20(19)23-27-29-30-28-23/h6-9,11-14,16H,3-5,10,15H2,1-2H3,(H,27,28,29,30). The van der Waals surface area contributed by atoms with Gasteiger partial charge in [0.1, 0.15) is 11.4 Å². The molecule has 0 spiro atoms. The average Bonchev–Trinajstić information content (AvgIpc) is 3.39. The number of aromatic amines is 1. The van der Waals surface area contributed by atoms with Crippen LogP contribution in [0.25, 0.3) is 22.5 Å². The Bertz CT molecular complexity index is 1310. The van der Waals surface area contributed by atoms with Gasteiger partial charge in [-0.15, -0.1) is 10.2 Å². The van der Waals surface area contributed by atoms with E-state index in [0.717, 1.165) is 35.1 Å². The van der Waals surface area contributed by atoms with E-state index in [-0.39, 0.29) is 12.2 Å². The van der Waals surface area contributed by atoms with Gasteiger partial charge in [-0.3, -0.25) is 4.79 Å². The third kappa shape index (κ3) is 5.09. The van der Waals surface area contributed by atoms with Gasteiger partial charge in [-0.2, -0.15) is 10.2 Å². The zero-order chi connectivity index (χ0) is 23.9. The number of nitrogens with one attached hydrogen (secondary N) is 1. The first kappa shape index (κ1) is 23.0. The summed E-state index contributed by atoms with van der Waals surface area (Å²) in [5.41, 5.74) is 3.31. The van der Waals surface area contributed by atoms with Crippen molar-refractivity contribution in [1.82, 2.24) is 30.2 Å². The Kier molecular flexibility index (Phi) is 7.22. The van der Waals surface area contributed by atoms with Crippen LogP contribution in [0.5, 0.6) is 0 Å². The van der Waals surface area contributed by atoms with Crippen molar-refractivity contribution in [2.45, 2.75) is 39.7 Å². The molecule has 0 amide bonds. The minimum absolute atomic E-state index is 0.0484. The number of hydrogen-bond acceptors (Lipinski definition) is 7. The van der Waals surface area contributed by atoms with Crippen molar-refractivity contribution in [2.75, 3.05) is 6.61 Å². The smallest absolute Gasteiger partial charge is 0.345 e. The number of carbonyl (C=O) groups is 1. The van der Waals surface area contributed by atoms with Crippen LogP contribution in [0, 0.1) is 0 Å². The third-order valence-corrected chi connectivity index (χ3v) is 5.46. The lowest BCUT2D eigenvalue weighted by atomic mass is 9.98. The number of ether oxygens (including phenoxy) is 1. The highest BCUT2D eigenvalue weighted by Crippen LogP contribution is 2.29. The average molecular weight is 459 g/mol. The normalized spacial score (nSPS) is 10.9. The zero-order valence-electron chi connectivity index (χ0n) is 19.2. The molecule has 0 aliphatic heterocycles. The summed E-state index contributed by atoms with van der Waals surface area (Å²) in [6.07, 6.45) is 4.10. The minimum Gasteiger partial charge on any atom is -0.462 e. The van der Waals surface area contributed by atoms with Crippen LogP contribution in [0.4, 0.5) is 0 Å². The molecule has 0 fully saturated rings. The molecule has 0 aliphatic rings. The number of hydrogen-bond donors (Lipinski definition) is 1. The molecule has 2 aromatic heterocycles. The van der Waals surface area contributed by atoms with Crippen LogP contribution in [-0.2, 0) is 17.7 Å². The van der Waals surface area contributed by atoms with E-state index in [4.69, 9.17) is 4.74 Å². The summed E-state index contributed by atoms with van der Waals surface area (Å²) in [6.45, 7) is 4.46. The Morgan fingerprint density at radius 2 is 1.82 bits per heavy atom. The number of carbonyl (C=O) groups excluding carboxylic acids is 1. The number of nitrogens with zero attached hydrogens (tertiary/aromatic N) is 5. The van der Waals surface area contributed by atoms with E-state index in [9.17, 15) is 9.59 Å². The van der Waals surface area contributed by atoms with Crippen molar-refractivity contribution in [3.8, 4) is 22.5 Å². The molecule has 0 saturated heterocycles. The number of benzene rings is 2. The second kappa shape index (κ2) is 10.7. The Morgan fingerprint density at radius 3 is 2.50 bits per heavy atom. The van der Waals surface area contributed by atoms with Gasteiger partial charge >= 0.3 is 5.97 Å². The first-order valence-electron chi connectivity index (χ1n) is 11.3. The van der Waals surface area contributed by atoms with Gasteiger partial charge in [0.25, 0.3) is 5.56 Å². The Hall–Kier alpha value is -4.14. The van der Waals surface area contributed by atoms with Gasteiger partial charge in [-0.25, -0.2) is 4.79 Å². The van der Waals surface area contributed by atoms with Crippen molar-refractivity contribution >= 4 is 5.97 Å². The molecular formula is C25H26N6O3. The summed E-state index contributed by atoms with van der Waals surface area (Å²) >= 11 is 0. The van der Waals surface area contributed by atoms with E-state index in [1.807, 2.05) is 53.1 Å². The number of tetrazole rings is 1. The van der Waals surface area contributed by atoms with Gasteiger partial charge in [0.05, 0.1) is 6.61 Å². The zero-order valence-corrected chi connectivity index (χ0v) is 19.2. The summed E-state index contributed by atoms with van der Waals surface area (Å²) in [5, 5.41) is 14.4. The maximum atomic E-state index is 12.4. The summed E-state index contributed by atoms with van der Waals surface area (Å²) in [5.74, 6) is 0.543. The summed E-state index contributed by atoms with van der Waals surface area (Å²) in [6, 6.07) is 16.0. The van der Waals surface area contributed by atoms with Gasteiger partial charge < -0.3 is 9.30 Å². The predicted molar refractivity (Wildman–Crippen MR) is 127 cm³/mol. The van der Waals surface area contributed by atoms with E-state index < -0.39 is 11.5 Å². The molecular weight excluding hydrogens is 432 g/mol. The van der Waals surface area contributed by atoms with Gasteiger partial charge in [0.2, 0.25) is 5.82 Å². The molecule has 2 aromatic carbocycles. The van der Waals surface area contributed by atoms with Crippen molar-refractivity contribution in [3.05, 3.63) is 82.0 Å². The summed E-state index contributed by atoms with van der Waals surface area (Å²) < 4.78 is 6.90. The molecule has 1 N–H and O–H groups in total. The summed E-state index contributed by atoms with van der Waals surface area (Å²) in [7, 11) is 0. The van der Waals surface area contributed by atoms with Crippen molar-refractivity contribution < 1.29 is 9.53 Å². The number of aromatic nitrogens is 6. The highest BCUT2D eigenvalue weighted by atomic mass is 16.5. The molecule has 0 atom stereocenters. The van der Waals surface area contributed by atoms with Crippen molar-refractivity contribution in [2.24, 2.45) is 0 Å². The van der Waals surface area contributed by atoms with Crippen LogP contribution < -0.4 is 5.56 Å². The molecule has 0 radical (unpaired) electrons. The maximum absolute atomic E-state index is 12.4. The fraction of sp³-hybridized carbons (Fsp3) is 0.280. The highest BCUT2D eigenvalue weighted by molar-refractivity contribution is 5.88. The second-order valence-electron chi connectivity index (χ2n) is 7.81. The lowest BCUT2D eigenvalue weighted by molar-refractivity contribution is 0.0523. The number of aryl methyl sites for hydroxylation is 1. The maximum Gasteiger partial charge on any atom is 0.345 e. The number of H-pyrrole nitrogens is 1. The monoisotopic (exact) mass is 458 g/mol. The van der Waals surface area contributed by atoms with Gasteiger partial charge in [0.15, 0.2) is 0 Å². The van der Waals surface area contributed by atoms with Gasteiger partial charge in [0, 0.05) is 24.7 Å². The quantitative estimate of drug-likeness (QED) is 0.381. The second-order valence-corrected chi connectivity index (χ2v) is 7.81. The van der Waals surface area contributed by atoms with Crippen LogP contribution in [-0.4, -0.2) is 42.8 Å². The predicted octanol–water partition coefficient (Wildman–Crippen LogP) is 3.66. The number of unbranched alkanes of at least 4 members (excludes halogenated alkanes) is 1. The minimum atomic E-state index is -0.649. The lowest BCUT2D eigenvalue weighted by Crippen LogP contribution is -2.26. The molecule has 9 nitrogen and oxygen atoms in total. The third-order valence-electron chi connectivity index (χ3n) is 5.46. The largest absolute Gasteiger partial charge is 0.462 e. The first-order valence-corrected chi connectivity index (χ1v) is 11.3. The van der Waals surface area contributed by atoms with Crippen molar-refractivity contribution in [3.63, 3.8) is 0 Å². The molecule has 4 aromatic rings. The van der Waals surface area contributed by atoms with E-state index in [2.05, 4.69) is 32.5 Å². The molecule has 9 heteroatoms. The molecule has 0 unspecified atom stereocenters. The fourth-order valence-corrected chi connectivity index (χ4v) is 3.74. The number of esters is 1. The molecule has 2 heterocycles. The molecule has 0 bridgehead atoms. The Morgan fingerprint density at radius 1 is 1.06 bits per heavy atom. The SMILES string of the molecule is CCCCc1nc(=O)c(C(=O)OCC)cn1Cc1ccc(-c2ccccc2-c2nn[nH]n2)cc1. The molecule has 34 heavy (non-hydrogen) atoms. The molecule has 0 aliphatic carbocycles. The molecule has 0 saturated carbocycles. The first-order chi connectivity index (χ1) is 16.6. The number of rotatable bonds is 9. The topological polar surface area (TPSA) is 116 Å². The lowest BCUT2D eigenvalue weighted by Gasteiger charge is -2.14. The van der Waals surface area contributed by atoms with E-state index in [0.29, 0.717) is 24.6 Å². The van der Waals surface area contributed by atoms with Crippen LogP contribution >= 0.6 is 0 Å². The molecule has 4 rings (SSSR count). The Labute approximate surface area is 196 Å². The van der Waals surface area contributed by atoms with Crippen LogP contribution in [0.3, 0.4) is 0 Å². The van der Waals surface area contributed by atoms with Crippen LogP contribution in [0.15, 0.2) is 59.5 Å². The van der Waals surface area contributed by atoms with Crippen LogP contribution in [0.2, 0.25) is 0 Å². The highest BCUT2D eigenvalue weighted by Gasteiger charge is 2.16. The van der Waals surface area contributed by atoms with Crippen LogP contribution in [0.1, 0.15) is 48.4 Å². The Balaban J connectivity index is 1.64. The van der Waals surface area contributed by atoms with Gasteiger partial charge in [-0.1, -0.05) is 61.9 Å². The van der Waals surface area contributed by atoms with Gasteiger partial charge in [-0.05, 0) is 35.2 Å². The van der Waals surface area contributed by atoms with E-state index in [1.165, 1.54) is 0 Å². The van der Waals surface area contributed by atoms with Crippen molar-refractivity contribution in [1.29, 1.82) is 0 Å².